The molecule has 0 aliphatic heterocycles. The van der Waals surface area contributed by atoms with Gasteiger partial charge in [0.2, 0.25) is 0 Å². The highest BCUT2D eigenvalue weighted by Crippen LogP contribution is 2.34. The number of hydrogen-bond acceptors (Lipinski definition) is 4. The molecule has 0 spiro atoms. The molecule has 4 nitrogen and oxygen atoms in total. The Kier molecular flexibility index (Phi) is 4.65. The van der Waals surface area contributed by atoms with Crippen molar-refractivity contribution in [2.75, 3.05) is 23.3 Å². The standard InChI is InChI=1S/C12H19ClFN3O/c1-3-4-12(2,18)6-17-11-8(16)5-7(15)9(13)10(11)14/h5,17-18H,3-4,6,15-16H2,1-2H3. The minimum atomic E-state index is -0.929. The van der Waals surface area contributed by atoms with Gasteiger partial charge in [0.05, 0.1) is 22.7 Å². The number of anilines is 3. The van der Waals surface area contributed by atoms with Gasteiger partial charge in [0, 0.05) is 6.54 Å². The van der Waals surface area contributed by atoms with E-state index in [9.17, 15) is 9.50 Å². The topological polar surface area (TPSA) is 84.3 Å². The summed E-state index contributed by atoms with van der Waals surface area (Å²) in [4.78, 5) is 0. The first-order valence-corrected chi connectivity index (χ1v) is 6.15. The molecule has 6 heteroatoms. The Bertz CT molecular complexity index is 438. The van der Waals surface area contributed by atoms with Crippen molar-refractivity contribution in [3.05, 3.63) is 16.9 Å². The molecule has 0 aliphatic carbocycles. The van der Waals surface area contributed by atoms with Crippen LogP contribution in [0.1, 0.15) is 26.7 Å². The van der Waals surface area contributed by atoms with Gasteiger partial charge in [-0.05, 0) is 19.4 Å². The van der Waals surface area contributed by atoms with E-state index in [1.165, 1.54) is 6.07 Å². The normalized spacial score (nSPS) is 14.3. The van der Waals surface area contributed by atoms with Gasteiger partial charge in [-0.2, -0.15) is 0 Å². The number of nitrogens with two attached hydrogens (primary N) is 2. The van der Waals surface area contributed by atoms with E-state index in [0.717, 1.165) is 6.42 Å². The van der Waals surface area contributed by atoms with Crippen molar-refractivity contribution < 1.29 is 9.50 Å². The van der Waals surface area contributed by atoms with Gasteiger partial charge in [-0.1, -0.05) is 24.9 Å². The first kappa shape index (κ1) is 14.9. The van der Waals surface area contributed by atoms with Gasteiger partial charge in [0.15, 0.2) is 5.82 Å². The van der Waals surface area contributed by atoms with Crippen LogP contribution in [-0.4, -0.2) is 17.3 Å². The number of hydrogen-bond donors (Lipinski definition) is 4. The minimum absolute atomic E-state index is 0.0746. The van der Waals surface area contributed by atoms with Gasteiger partial charge in [-0.15, -0.1) is 0 Å². The van der Waals surface area contributed by atoms with Crippen molar-refractivity contribution in [3.8, 4) is 0 Å². The van der Waals surface area contributed by atoms with Gasteiger partial charge >= 0.3 is 0 Å². The average molecular weight is 276 g/mol. The van der Waals surface area contributed by atoms with E-state index in [1.54, 1.807) is 6.92 Å². The summed E-state index contributed by atoms with van der Waals surface area (Å²) in [5.74, 6) is -0.693. The molecular formula is C12H19ClFN3O. The zero-order valence-corrected chi connectivity index (χ0v) is 11.3. The molecule has 0 fully saturated rings. The summed E-state index contributed by atoms with van der Waals surface area (Å²) in [6.45, 7) is 3.82. The maximum Gasteiger partial charge on any atom is 0.169 e. The second-order valence-corrected chi connectivity index (χ2v) is 5.04. The Morgan fingerprint density at radius 1 is 1.44 bits per heavy atom. The molecule has 0 bridgehead atoms. The number of benzene rings is 1. The third kappa shape index (κ3) is 3.40. The molecule has 1 rings (SSSR count). The Labute approximate surface area is 111 Å². The smallest absolute Gasteiger partial charge is 0.169 e. The maximum absolute atomic E-state index is 13.8. The number of nitrogens with one attached hydrogen (secondary N) is 1. The summed E-state index contributed by atoms with van der Waals surface area (Å²) < 4.78 is 13.8. The second-order valence-electron chi connectivity index (χ2n) is 4.66. The second kappa shape index (κ2) is 5.63. The molecule has 0 radical (unpaired) electrons. The van der Waals surface area contributed by atoms with Crippen LogP contribution in [0.2, 0.25) is 5.02 Å². The Balaban J connectivity index is 2.89. The van der Waals surface area contributed by atoms with Gasteiger partial charge in [0.1, 0.15) is 5.02 Å². The molecule has 0 aliphatic rings. The molecule has 1 atom stereocenters. The van der Waals surface area contributed by atoms with Gasteiger partial charge in [-0.3, -0.25) is 0 Å². The summed E-state index contributed by atoms with van der Waals surface area (Å²) in [7, 11) is 0. The molecule has 18 heavy (non-hydrogen) atoms. The van der Waals surface area contributed by atoms with Crippen LogP contribution in [0.5, 0.6) is 0 Å². The highest BCUT2D eigenvalue weighted by molar-refractivity contribution is 6.33. The van der Waals surface area contributed by atoms with Crippen molar-refractivity contribution in [1.29, 1.82) is 0 Å². The summed E-state index contributed by atoms with van der Waals surface area (Å²) in [6, 6.07) is 1.39. The molecule has 0 amide bonds. The Morgan fingerprint density at radius 3 is 2.61 bits per heavy atom. The molecule has 1 aromatic rings. The Hall–Kier alpha value is -1.20. The van der Waals surface area contributed by atoms with Crippen LogP contribution in [0.3, 0.4) is 0 Å². The fourth-order valence-electron chi connectivity index (χ4n) is 1.75. The van der Waals surface area contributed by atoms with Gasteiger partial charge < -0.3 is 21.9 Å². The van der Waals surface area contributed by atoms with Crippen LogP contribution in [0.15, 0.2) is 6.07 Å². The van der Waals surface area contributed by atoms with E-state index in [2.05, 4.69) is 5.32 Å². The van der Waals surface area contributed by atoms with Crippen LogP contribution in [-0.2, 0) is 0 Å². The average Bonchev–Trinajstić information content (AvgIpc) is 2.25. The minimum Gasteiger partial charge on any atom is -0.397 e. The lowest BCUT2D eigenvalue weighted by atomic mass is 10.0. The van der Waals surface area contributed by atoms with E-state index in [0.29, 0.717) is 6.42 Å². The molecule has 0 saturated carbocycles. The van der Waals surface area contributed by atoms with Gasteiger partial charge in [0.25, 0.3) is 0 Å². The van der Waals surface area contributed by atoms with E-state index in [4.69, 9.17) is 23.1 Å². The lowest BCUT2D eigenvalue weighted by Gasteiger charge is -2.24. The highest BCUT2D eigenvalue weighted by Gasteiger charge is 2.21. The van der Waals surface area contributed by atoms with Crippen molar-refractivity contribution in [3.63, 3.8) is 0 Å². The SMILES string of the molecule is CCCC(C)(O)CNc1c(N)cc(N)c(Cl)c1F. The number of aliphatic hydroxyl groups is 1. The number of halogens is 2. The quantitative estimate of drug-likeness (QED) is 0.623. The zero-order valence-electron chi connectivity index (χ0n) is 10.6. The predicted molar refractivity (Wildman–Crippen MR) is 74.3 cm³/mol. The van der Waals surface area contributed by atoms with Crippen LogP contribution in [0.25, 0.3) is 0 Å². The molecule has 0 saturated heterocycles. The van der Waals surface area contributed by atoms with Crippen LogP contribution in [0, 0.1) is 5.82 Å². The van der Waals surface area contributed by atoms with Crippen LogP contribution < -0.4 is 16.8 Å². The predicted octanol–water partition coefficient (Wildman–Crippen LogP) is 2.61. The van der Waals surface area contributed by atoms with E-state index < -0.39 is 11.4 Å². The summed E-state index contributed by atoms with van der Waals surface area (Å²) in [5.41, 5.74) is 10.6. The summed E-state index contributed by atoms with van der Waals surface area (Å²) in [5, 5.41) is 12.6. The van der Waals surface area contributed by atoms with E-state index in [-0.39, 0.29) is 28.6 Å². The third-order valence-corrected chi connectivity index (χ3v) is 3.08. The molecule has 0 aromatic heterocycles. The number of rotatable bonds is 5. The molecular weight excluding hydrogens is 257 g/mol. The van der Waals surface area contributed by atoms with E-state index >= 15 is 0 Å². The van der Waals surface area contributed by atoms with Crippen molar-refractivity contribution >= 4 is 28.7 Å². The molecule has 1 aromatic carbocycles. The summed E-state index contributed by atoms with van der Waals surface area (Å²) in [6.07, 6.45) is 1.43. The highest BCUT2D eigenvalue weighted by atomic mass is 35.5. The molecule has 102 valence electrons. The largest absolute Gasteiger partial charge is 0.397 e. The molecule has 6 N–H and O–H groups in total. The summed E-state index contributed by atoms with van der Waals surface area (Å²) >= 11 is 5.71. The number of nitrogen functional groups attached to an aromatic ring is 2. The lowest BCUT2D eigenvalue weighted by Crippen LogP contribution is -2.33. The lowest BCUT2D eigenvalue weighted by molar-refractivity contribution is 0.0636. The van der Waals surface area contributed by atoms with Crippen LogP contribution >= 0.6 is 11.6 Å². The van der Waals surface area contributed by atoms with Crippen LogP contribution in [0.4, 0.5) is 21.5 Å². The Morgan fingerprint density at radius 2 is 2.06 bits per heavy atom. The van der Waals surface area contributed by atoms with Crippen molar-refractivity contribution in [1.82, 2.24) is 0 Å². The molecule has 1 unspecified atom stereocenters. The molecule has 0 heterocycles. The van der Waals surface area contributed by atoms with Crippen molar-refractivity contribution in [2.24, 2.45) is 0 Å². The van der Waals surface area contributed by atoms with Crippen molar-refractivity contribution in [2.45, 2.75) is 32.3 Å². The maximum atomic E-state index is 13.8. The zero-order chi connectivity index (χ0) is 13.9. The fourth-order valence-corrected chi connectivity index (χ4v) is 1.90. The first-order chi connectivity index (χ1) is 8.28. The third-order valence-electron chi connectivity index (χ3n) is 2.70. The monoisotopic (exact) mass is 275 g/mol. The van der Waals surface area contributed by atoms with Gasteiger partial charge in [-0.25, -0.2) is 4.39 Å². The fraction of sp³-hybridized carbons (Fsp3) is 0.500. The van der Waals surface area contributed by atoms with E-state index in [1.807, 2.05) is 6.92 Å². The first-order valence-electron chi connectivity index (χ1n) is 5.77.